The molecular weight excluding hydrogens is 346 g/mol. The predicted octanol–water partition coefficient (Wildman–Crippen LogP) is 2.37. The lowest BCUT2D eigenvalue weighted by Gasteiger charge is -2.17. The van der Waals surface area contributed by atoms with Crippen LogP contribution in [0.5, 0.6) is 0 Å². The van der Waals surface area contributed by atoms with Gasteiger partial charge in [-0.25, -0.2) is 18.1 Å². The number of carbonyl (C=O) groups is 1. The van der Waals surface area contributed by atoms with Gasteiger partial charge in [-0.2, -0.15) is 0 Å². The van der Waals surface area contributed by atoms with E-state index in [2.05, 4.69) is 9.71 Å². The molecular formula is C16H19N3O3S2. The number of sulfonamides is 1. The number of hydrogen-bond acceptors (Lipinski definition) is 5. The van der Waals surface area contributed by atoms with Gasteiger partial charge in [0.2, 0.25) is 15.9 Å². The number of carbonyl (C=O) groups excluding carboxylic acids is 1. The minimum Gasteiger partial charge on any atom is -0.312 e. The van der Waals surface area contributed by atoms with E-state index in [0.717, 1.165) is 22.8 Å². The molecule has 0 bridgehead atoms. The second kappa shape index (κ2) is 6.62. The van der Waals surface area contributed by atoms with Crippen molar-refractivity contribution in [1.29, 1.82) is 0 Å². The SMILES string of the molecule is Cc1csc(CNS(=O)(=O)c2ccc(N3CCCC3=O)cc2C)n1. The van der Waals surface area contributed by atoms with Gasteiger partial charge in [-0.1, -0.05) is 0 Å². The average molecular weight is 365 g/mol. The van der Waals surface area contributed by atoms with Gasteiger partial charge in [0.25, 0.3) is 0 Å². The third-order valence-corrected chi connectivity index (χ3v) is 6.44. The van der Waals surface area contributed by atoms with Gasteiger partial charge in [0.1, 0.15) is 5.01 Å². The minimum atomic E-state index is -3.62. The zero-order valence-corrected chi connectivity index (χ0v) is 15.2. The van der Waals surface area contributed by atoms with E-state index in [0.29, 0.717) is 18.5 Å². The smallest absolute Gasteiger partial charge is 0.241 e. The summed E-state index contributed by atoms with van der Waals surface area (Å²) < 4.78 is 27.6. The second-order valence-corrected chi connectivity index (χ2v) is 8.48. The van der Waals surface area contributed by atoms with E-state index in [1.165, 1.54) is 11.3 Å². The van der Waals surface area contributed by atoms with Crippen molar-refractivity contribution < 1.29 is 13.2 Å². The van der Waals surface area contributed by atoms with Crippen LogP contribution in [0.4, 0.5) is 5.69 Å². The molecule has 2 aromatic rings. The lowest BCUT2D eigenvalue weighted by molar-refractivity contribution is -0.117. The number of anilines is 1. The van der Waals surface area contributed by atoms with E-state index in [-0.39, 0.29) is 17.3 Å². The third kappa shape index (κ3) is 3.50. The van der Waals surface area contributed by atoms with Gasteiger partial charge in [0, 0.05) is 29.7 Å². The van der Waals surface area contributed by atoms with Gasteiger partial charge in [-0.05, 0) is 44.0 Å². The topological polar surface area (TPSA) is 79.4 Å². The fourth-order valence-corrected chi connectivity index (χ4v) is 4.76. The van der Waals surface area contributed by atoms with Gasteiger partial charge >= 0.3 is 0 Å². The average Bonchev–Trinajstić information content (AvgIpc) is 3.13. The number of aryl methyl sites for hydroxylation is 2. The highest BCUT2D eigenvalue weighted by molar-refractivity contribution is 7.89. The first kappa shape index (κ1) is 17.1. The molecule has 3 rings (SSSR count). The van der Waals surface area contributed by atoms with Crippen LogP contribution >= 0.6 is 11.3 Å². The molecule has 0 unspecified atom stereocenters. The summed E-state index contributed by atoms with van der Waals surface area (Å²) in [5.74, 6) is 0.0854. The molecule has 2 heterocycles. The number of hydrogen-bond donors (Lipinski definition) is 1. The summed E-state index contributed by atoms with van der Waals surface area (Å²) in [4.78, 5) is 18.0. The van der Waals surface area contributed by atoms with Crippen LogP contribution in [0.15, 0.2) is 28.5 Å². The fraction of sp³-hybridized carbons (Fsp3) is 0.375. The molecule has 6 nitrogen and oxygen atoms in total. The standard InChI is InChI=1S/C16H19N3O3S2/c1-11-8-13(19-7-3-4-16(19)20)5-6-14(11)24(21,22)17-9-15-18-12(2)10-23-15/h5-6,8,10,17H,3-4,7,9H2,1-2H3. The maximum absolute atomic E-state index is 12.5. The molecule has 1 saturated heterocycles. The number of amides is 1. The highest BCUT2D eigenvalue weighted by Crippen LogP contribution is 2.26. The molecule has 0 aliphatic carbocycles. The molecule has 1 fully saturated rings. The van der Waals surface area contributed by atoms with Crippen molar-refractivity contribution in [2.45, 2.75) is 38.1 Å². The Morgan fingerprint density at radius 1 is 1.33 bits per heavy atom. The summed E-state index contributed by atoms with van der Waals surface area (Å²) in [6.45, 7) is 4.47. The summed E-state index contributed by atoms with van der Waals surface area (Å²) in [7, 11) is -3.62. The van der Waals surface area contributed by atoms with Crippen LogP contribution in [0.3, 0.4) is 0 Å². The van der Waals surface area contributed by atoms with Crippen LogP contribution in [0.25, 0.3) is 0 Å². The number of rotatable bonds is 5. The van der Waals surface area contributed by atoms with Crippen LogP contribution in [0.2, 0.25) is 0 Å². The third-order valence-electron chi connectivity index (χ3n) is 3.91. The van der Waals surface area contributed by atoms with Crippen LogP contribution in [-0.4, -0.2) is 25.9 Å². The van der Waals surface area contributed by atoms with Crippen molar-refractivity contribution in [3.63, 3.8) is 0 Å². The minimum absolute atomic E-state index is 0.0854. The molecule has 1 aliphatic heterocycles. The Bertz CT molecular complexity index is 874. The Kier molecular flexibility index (Phi) is 4.71. The normalized spacial score (nSPS) is 15.2. The van der Waals surface area contributed by atoms with E-state index in [4.69, 9.17) is 0 Å². The first-order valence-corrected chi connectivity index (χ1v) is 10.0. The molecule has 0 saturated carbocycles. The van der Waals surface area contributed by atoms with Crippen molar-refractivity contribution in [3.8, 4) is 0 Å². The van der Waals surface area contributed by atoms with Crippen molar-refractivity contribution in [2.75, 3.05) is 11.4 Å². The van der Waals surface area contributed by atoms with E-state index >= 15 is 0 Å². The molecule has 8 heteroatoms. The molecule has 1 N–H and O–H groups in total. The van der Waals surface area contributed by atoms with Crippen molar-refractivity contribution in [1.82, 2.24) is 9.71 Å². The largest absolute Gasteiger partial charge is 0.312 e. The molecule has 0 radical (unpaired) electrons. The maximum atomic E-state index is 12.5. The van der Waals surface area contributed by atoms with Crippen molar-refractivity contribution in [3.05, 3.63) is 39.8 Å². The fourth-order valence-electron chi connectivity index (χ4n) is 2.74. The Hall–Kier alpha value is -1.77. The number of thiazole rings is 1. The molecule has 0 atom stereocenters. The maximum Gasteiger partial charge on any atom is 0.241 e. The number of benzene rings is 1. The molecule has 24 heavy (non-hydrogen) atoms. The van der Waals surface area contributed by atoms with Gasteiger partial charge in [-0.15, -0.1) is 11.3 Å². The Morgan fingerprint density at radius 3 is 2.71 bits per heavy atom. The van der Waals surface area contributed by atoms with Gasteiger partial charge in [0.15, 0.2) is 0 Å². The highest BCUT2D eigenvalue weighted by Gasteiger charge is 2.24. The molecule has 1 aliphatic rings. The zero-order valence-electron chi connectivity index (χ0n) is 13.6. The predicted molar refractivity (Wildman–Crippen MR) is 93.6 cm³/mol. The quantitative estimate of drug-likeness (QED) is 0.882. The molecule has 1 aromatic heterocycles. The second-order valence-electron chi connectivity index (χ2n) is 5.81. The van der Waals surface area contributed by atoms with Crippen molar-refractivity contribution >= 4 is 33.0 Å². The Labute approximate surface area is 145 Å². The highest BCUT2D eigenvalue weighted by atomic mass is 32.2. The first-order valence-electron chi connectivity index (χ1n) is 7.68. The lowest BCUT2D eigenvalue weighted by Crippen LogP contribution is -2.25. The van der Waals surface area contributed by atoms with E-state index < -0.39 is 10.0 Å². The van der Waals surface area contributed by atoms with E-state index in [1.54, 1.807) is 30.0 Å². The van der Waals surface area contributed by atoms with Gasteiger partial charge in [-0.3, -0.25) is 4.79 Å². The molecule has 1 aromatic carbocycles. The van der Waals surface area contributed by atoms with Crippen LogP contribution in [0, 0.1) is 13.8 Å². The monoisotopic (exact) mass is 365 g/mol. The van der Waals surface area contributed by atoms with Gasteiger partial charge in [0.05, 0.1) is 11.4 Å². The Balaban J connectivity index is 1.79. The van der Waals surface area contributed by atoms with Crippen LogP contribution in [-0.2, 0) is 21.4 Å². The Morgan fingerprint density at radius 2 is 2.12 bits per heavy atom. The summed E-state index contributed by atoms with van der Waals surface area (Å²) in [5, 5.41) is 2.62. The van der Waals surface area contributed by atoms with Gasteiger partial charge < -0.3 is 4.90 Å². The summed E-state index contributed by atoms with van der Waals surface area (Å²) in [6, 6.07) is 5.01. The summed E-state index contributed by atoms with van der Waals surface area (Å²) >= 11 is 1.43. The summed E-state index contributed by atoms with van der Waals surface area (Å²) in [6.07, 6.45) is 1.39. The number of aromatic nitrogens is 1. The number of nitrogens with one attached hydrogen (secondary N) is 1. The lowest BCUT2D eigenvalue weighted by atomic mass is 10.2. The molecule has 128 valence electrons. The zero-order chi connectivity index (χ0) is 17.3. The van der Waals surface area contributed by atoms with Crippen LogP contribution in [0.1, 0.15) is 29.1 Å². The molecule has 0 spiro atoms. The van der Waals surface area contributed by atoms with Crippen molar-refractivity contribution in [2.24, 2.45) is 0 Å². The van der Waals surface area contributed by atoms with E-state index in [9.17, 15) is 13.2 Å². The number of nitrogens with zero attached hydrogens (tertiary/aromatic N) is 2. The first-order chi connectivity index (χ1) is 11.4. The molecule has 1 amide bonds. The summed E-state index contributed by atoms with van der Waals surface area (Å²) in [5.41, 5.74) is 2.25. The van der Waals surface area contributed by atoms with E-state index in [1.807, 2.05) is 12.3 Å². The van der Waals surface area contributed by atoms with Crippen LogP contribution < -0.4 is 9.62 Å².